The van der Waals surface area contributed by atoms with Gasteiger partial charge in [0, 0.05) is 6.42 Å². The van der Waals surface area contributed by atoms with Crippen molar-refractivity contribution in [2.75, 3.05) is 13.2 Å². The largest absolute Gasteiger partial charge is 0.346 e. The number of allylic oxidation sites excluding steroid dienone is 1. The van der Waals surface area contributed by atoms with Gasteiger partial charge in [-0.2, -0.15) is 0 Å². The van der Waals surface area contributed by atoms with Crippen molar-refractivity contribution in [2.24, 2.45) is 5.41 Å². The number of halogens is 1. The van der Waals surface area contributed by atoms with E-state index in [9.17, 15) is 0 Å². The lowest BCUT2D eigenvalue weighted by molar-refractivity contribution is -0.171. The number of ether oxygens (including phenoxy) is 2. The molecule has 1 spiro atoms. The standard InChI is InChI=1S/C15H25IO2/c1-5-6-7-12-11(2)13(16)15(10-14(12,3)4)17-8-9-18-15/h13H,5-10H2,1-4H3. The van der Waals surface area contributed by atoms with Gasteiger partial charge in [-0.25, -0.2) is 0 Å². The molecular weight excluding hydrogens is 339 g/mol. The Morgan fingerprint density at radius 3 is 2.44 bits per heavy atom. The minimum absolute atomic E-state index is 0.200. The van der Waals surface area contributed by atoms with Gasteiger partial charge in [0.15, 0.2) is 5.79 Å². The number of hydrogen-bond acceptors (Lipinski definition) is 2. The molecule has 1 aliphatic heterocycles. The summed E-state index contributed by atoms with van der Waals surface area (Å²) in [6.45, 7) is 10.7. The van der Waals surface area contributed by atoms with Crippen LogP contribution < -0.4 is 0 Å². The molecule has 1 aliphatic carbocycles. The highest BCUT2D eigenvalue weighted by atomic mass is 127. The van der Waals surface area contributed by atoms with Gasteiger partial charge in [-0.15, -0.1) is 0 Å². The Hall–Kier alpha value is 0.390. The maximum absolute atomic E-state index is 5.99. The van der Waals surface area contributed by atoms with E-state index in [1.165, 1.54) is 24.8 Å². The van der Waals surface area contributed by atoms with E-state index in [1.807, 2.05) is 0 Å². The summed E-state index contributed by atoms with van der Waals surface area (Å²) in [5.41, 5.74) is 3.32. The van der Waals surface area contributed by atoms with Gasteiger partial charge in [-0.05, 0) is 25.2 Å². The van der Waals surface area contributed by atoms with E-state index in [1.54, 1.807) is 5.57 Å². The molecule has 0 aromatic heterocycles. The van der Waals surface area contributed by atoms with Gasteiger partial charge in [0.05, 0.1) is 17.1 Å². The van der Waals surface area contributed by atoms with Crippen LogP contribution >= 0.6 is 22.6 Å². The van der Waals surface area contributed by atoms with Crippen molar-refractivity contribution in [3.05, 3.63) is 11.1 Å². The molecule has 1 fully saturated rings. The Labute approximate surface area is 125 Å². The number of unbranched alkanes of at least 4 members (excludes halogenated alkanes) is 1. The molecular formula is C15H25IO2. The van der Waals surface area contributed by atoms with Crippen LogP contribution in [0.25, 0.3) is 0 Å². The Kier molecular flexibility index (Phi) is 4.44. The van der Waals surface area contributed by atoms with E-state index in [2.05, 4.69) is 50.3 Å². The Morgan fingerprint density at radius 1 is 1.28 bits per heavy atom. The van der Waals surface area contributed by atoms with Gasteiger partial charge in [0.1, 0.15) is 0 Å². The van der Waals surface area contributed by atoms with Crippen molar-refractivity contribution < 1.29 is 9.47 Å². The molecule has 2 rings (SSSR count). The molecule has 0 aromatic rings. The smallest absolute Gasteiger partial charge is 0.184 e. The summed E-state index contributed by atoms with van der Waals surface area (Å²) < 4.78 is 12.3. The lowest BCUT2D eigenvalue weighted by Crippen LogP contribution is -2.49. The van der Waals surface area contributed by atoms with Gasteiger partial charge < -0.3 is 9.47 Å². The van der Waals surface area contributed by atoms with Crippen molar-refractivity contribution >= 4 is 22.6 Å². The fourth-order valence-electron chi connectivity index (χ4n) is 3.44. The molecule has 0 amide bonds. The fraction of sp³-hybridized carbons (Fsp3) is 0.867. The second-order valence-corrected chi connectivity index (χ2v) is 7.44. The fourth-order valence-corrected chi connectivity index (χ4v) is 4.39. The number of rotatable bonds is 3. The van der Waals surface area contributed by atoms with E-state index < -0.39 is 0 Å². The Balaban J connectivity index is 2.31. The minimum Gasteiger partial charge on any atom is -0.346 e. The van der Waals surface area contributed by atoms with Crippen LogP contribution in [-0.2, 0) is 9.47 Å². The maximum Gasteiger partial charge on any atom is 0.184 e. The van der Waals surface area contributed by atoms with Gasteiger partial charge in [-0.1, -0.05) is 60.9 Å². The number of alkyl halides is 1. The first-order chi connectivity index (χ1) is 8.43. The van der Waals surface area contributed by atoms with Crippen molar-refractivity contribution in [1.29, 1.82) is 0 Å². The molecule has 1 heterocycles. The van der Waals surface area contributed by atoms with Crippen LogP contribution in [0.1, 0.15) is 53.4 Å². The minimum atomic E-state index is -0.357. The first-order valence-corrected chi connectivity index (χ1v) is 8.29. The summed E-state index contributed by atoms with van der Waals surface area (Å²) >= 11 is 2.51. The van der Waals surface area contributed by atoms with Crippen molar-refractivity contribution in [3.63, 3.8) is 0 Å². The summed E-state index contributed by atoms with van der Waals surface area (Å²) in [5.74, 6) is -0.357. The van der Waals surface area contributed by atoms with Crippen LogP contribution in [0.15, 0.2) is 11.1 Å². The third-order valence-electron chi connectivity index (χ3n) is 4.30. The second kappa shape index (κ2) is 5.41. The monoisotopic (exact) mass is 364 g/mol. The van der Waals surface area contributed by atoms with E-state index in [0.717, 1.165) is 19.6 Å². The average molecular weight is 364 g/mol. The van der Waals surface area contributed by atoms with Crippen LogP contribution in [0.2, 0.25) is 0 Å². The van der Waals surface area contributed by atoms with Gasteiger partial charge in [0.25, 0.3) is 0 Å². The molecule has 0 radical (unpaired) electrons. The van der Waals surface area contributed by atoms with Crippen molar-refractivity contribution in [2.45, 2.75) is 63.1 Å². The molecule has 2 aliphatic rings. The molecule has 0 bridgehead atoms. The van der Waals surface area contributed by atoms with E-state index in [-0.39, 0.29) is 11.2 Å². The SMILES string of the molecule is CCCCC1=C(C)C(I)C2(CC1(C)C)OCCO2. The first-order valence-electron chi connectivity index (χ1n) is 7.05. The molecule has 18 heavy (non-hydrogen) atoms. The zero-order chi connectivity index (χ0) is 13.4. The summed E-state index contributed by atoms with van der Waals surface area (Å²) in [5, 5.41) is 0. The van der Waals surface area contributed by atoms with Crippen molar-refractivity contribution in [1.82, 2.24) is 0 Å². The molecule has 1 atom stereocenters. The molecule has 0 N–H and O–H groups in total. The van der Waals surface area contributed by atoms with Crippen LogP contribution in [-0.4, -0.2) is 22.9 Å². The van der Waals surface area contributed by atoms with Gasteiger partial charge in [0.2, 0.25) is 0 Å². The van der Waals surface area contributed by atoms with E-state index >= 15 is 0 Å². The maximum atomic E-state index is 5.99. The lowest BCUT2D eigenvalue weighted by atomic mass is 9.68. The molecule has 3 heteroatoms. The Bertz CT molecular complexity index is 340. The normalized spacial score (nSPS) is 30.2. The average Bonchev–Trinajstić information content (AvgIpc) is 2.75. The summed E-state index contributed by atoms with van der Waals surface area (Å²) in [4.78, 5) is 0. The predicted molar refractivity (Wildman–Crippen MR) is 83.1 cm³/mol. The van der Waals surface area contributed by atoms with Crippen LogP contribution in [0, 0.1) is 5.41 Å². The van der Waals surface area contributed by atoms with Gasteiger partial charge in [-0.3, -0.25) is 0 Å². The van der Waals surface area contributed by atoms with Crippen LogP contribution in [0.4, 0.5) is 0 Å². The highest BCUT2D eigenvalue weighted by molar-refractivity contribution is 14.1. The summed E-state index contributed by atoms with van der Waals surface area (Å²) in [7, 11) is 0. The zero-order valence-corrected chi connectivity index (χ0v) is 14.2. The summed E-state index contributed by atoms with van der Waals surface area (Å²) in [6, 6.07) is 0. The van der Waals surface area contributed by atoms with Crippen LogP contribution in [0.3, 0.4) is 0 Å². The Morgan fingerprint density at radius 2 is 1.89 bits per heavy atom. The third-order valence-corrected chi connectivity index (χ3v) is 6.19. The third kappa shape index (κ3) is 2.50. The predicted octanol–water partition coefficient (Wildman–Crippen LogP) is 4.47. The first kappa shape index (κ1) is 14.8. The highest BCUT2D eigenvalue weighted by Gasteiger charge is 2.52. The topological polar surface area (TPSA) is 18.5 Å². The molecule has 104 valence electrons. The molecule has 1 unspecified atom stereocenters. The zero-order valence-electron chi connectivity index (χ0n) is 12.0. The van der Waals surface area contributed by atoms with Crippen molar-refractivity contribution in [3.8, 4) is 0 Å². The molecule has 2 nitrogen and oxygen atoms in total. The van der Waals surface area contributed by atoms with Crippen LogP contribution in [0.5, 0.6) is 0 Å². The molecule has 1 saturated heterocycles. The molecule has 0 saturated carbocycles. The number of hydrogen-bond donors (Lipinski definition) is 0. The van der Waals surface area contributed by atoms with Gasteiger partial charge >= 0.3 is 0 Å². The van der Waals surface area contributed by atoms with E-state index in [0.29, 0.717) is 3.92 Å². The lowest BCUT2D eigenvalue weighted by Gasteiger charge is -2.46. The van der Waals surface area contributed by atoms with E-state index in [4.69, 9.17) is 9.47 Å². The highest BCUT2D eigenvalue weighted by Crippen LogP contribution is 2.52. The second-order valence-electron chi connectivity index (χ2n) is 6.20. The summed E-state index contributed by atoms with van der Waals surface area (Å²) in [6.07, 6.45) is 4.76. The quantitative estimate of drug-likeness (QED) is 0.418. The molecule has 0 aromatic carbocycles.